The number of carbonyl (C=O) groups is 5. The number of nitrogens with one attached hydrogen (secondary N) is 2. The zero-order valence-electron chi connectivity index (χ0n) is 34.1. The van der Waals surface area contributed by atoms with Crippen molar-refractivity contribution < 1.29 is 38.6 Å². The molecule has 53 heavy (non-hydrogen) atoms. The molecule has 3 N–H and O–H groups in total. The number of ether oxygens (including phenoxy) is 2. The molecular weight excluding hydrogens is 678 g/mol. The Morgan fingerprint density at radius 1 is 0.906 bits per heavy atom. The van der Waals surface area contributed by atoms with Gasteiger partial charge in [0.2, 0.25) is 23.6 Å². The highest BCUT2D eigenvalue weighted by Gasteiger charge is 2.43. The highest BCUT2D eigenvalue weighted by Crippen LogP contribution is 2.30. The van der Waals surface area contributed by atoms with Crippen LogP contribution in [0.15, 0.2) is 30.3 Å². The van der Waals surface area contributed by atoms with Crippen LogP contribution in [-0.2, 0) is 39.9 Å². The lowest BCUT2D eigenvalue weighted by Crippen LogP contribution is -2.59. The molecule has 0 radical (unpaired) electrons. The van der Waals surface area contributed by atoms with E-state index in [1.165, 1.54) is 14.2 Å². The molecule has 0 aromatic heterocycles. The summed E-state index contributed by atoms with van der Waals surface area (Å²) in [6.07, 6.45) is 0.820. The number of methoxy groups -OCH3 is 2. The molecule has 0 aliphatic carbocycles. The van der Waals surface area contributed by atoms with E-state index in [4.69, 9.17) is 9.47 Å². The largest absolute Gasteiger partial charge is 0.480 e. The van der Waals surface area contributed by atoms with Gasteiger partial charge in [-0.2, -0.15) is 0 Å². The van der Waals surface area contributed by atoms with Crippen molar-refractivity contribution in [2.24, 2.45) is 23.7 Å². The zero-order valence-corrected chi connectivity index (χ0v) is 34.1. The van der Waals surface area contributed by atoms with Crippen LogP contribution in [-0.4, -0.2) is 134 Å². The number of carbonyl (C=O) groups excluding carboxylic acids is 4. The maximum Gasteiger partial charge on any atom is 0.326 e. The summed E-state index contributed by atoms with van der Waals surface area (Å²) in [4.78, 5) is 72.5. The molecule has 13 nitrogen and oxygen atoms in total. The first kappa shape index (κ1) is 45.6. The van der Waals surface area contributed by atoms with E-state index < -0.39 is 60.2 Å². The van der Waals surface area contributed by atoms with E-state index in [0.717, 1.165) is 12.0 Å². The summed E-state index contributed by atoms with van der Waals surface area (Å²) in [6.45, 7) is 13.9. The Balaban J connectivity index is 2.27. The standard InChI is InChI=1S/C40H67N5O8/c1-13-26(6)35(44(10)39(49)33(24(2)3)42-38(48)34(25(4)5)43(8)9)31(52-11)23-32(46)45-21-17-20-30(45)36(53-12)27(7)37(47)41-29(40(50)51)22-28-18-15-14-16-19-28/h14-16,18-19,24-27,29-31,33-36H,13,17,20-23H2,1-12H3,(H,41,47)(H,42,48)(H,50,51)/t26?,27-,29+,30+,31-,33+,34+,35+,36-/m1/s1. The highest BCUT2D eigenvalue weighted by molar-refractivity contribution is 5.90. The second-order valence-electron chi connectivity index (χ2n) is 15.6. The number of benzene rings is 1. The van der Waals surface area contributed by atoms with Crippen molar-refractivity contribution in [2.75, 3.05) is 41.9 Å². The van der Waals surface area contributed by atoms with Crippen LogP contribution in [0.3, 0.4) is 0 Å². The van der Waals surface area contributed by atoms with Gasteiger partial charge < -0.3 is 35.0 Å². The van der Waals surface area contributed by atoms with Gasteiger partial charge in [-0.15, -0.1) is 0 Å². The number of likely N-dealkylation sites (N-methyl/N-ethyl adjacent to an activating group) is 2. The molecule has 0 saturated carbocycles. The van der Waals surface area contributed by atoms with Gasteiger partial charge in [0.15, 0.2) is 0 Å². The molecule has 1 fully saturated rings. The van der Waals surface area contributed by atoms with Gasteiger partial charge in [0.25, 0.3) is 0 Å². The zero-order chi connectivity index (χ0) is 40.2. The van der Waals surface area contributed by atoms with Gasteiger partial charge in [0.05, 0.1) is 42.7 Å². The lowest BCUT2D eigenvalue weighted by Gasteiger charge is -2.41. The van der Waals surface area contributed by atoms with Crippen molar-refractivity contribution >= 4 is 29.6 Å². The normalized spacial score (nSPS) is 19.2. The highest BCUT2D eigenvalue weighted by atomic mass is 16.5. The second kappa shape index (κ2) is 21.4. The molecule has 1 aliphatic heterocycles. The van der Waals surface area contributed by atoms with E-state index in [9.17, 15) is 29.1 Å². The van der Waals surface area contributed by atoms with E-state index in [0.29, 0.717) is 19.4 Å². The van der Waals surface area contributed by atoms with E-state index in [1.807, 2.05) is 90.9 Å². The molecule has 1 heterocycles. The van der Waals surface area contributed by atoms with Crippen LogP contribution in [0.4, 0.5) is 0 Å². The van der Waals surface area contributed by atoms with E-state index >= 15 is 0 Å². The van der Waals surface area contributed by atoms with Crippen molar-refractivity contribution in [1.82, 2.24) is 25.3 Å². The van der Waals surface area contributed by atoms with Gasteiger partial charge in [0, 0.05) is 34.2 Å². The number of rotatable bonds is 21. The van der Waals surface area contributed by atoms with Crippen molar-refractivity contribution in [1.29, 1.82) is 0 Å². The number of nitrogens with zero attached hydrogens (tertiary/aromatic N) is 3. The molecule has 2 rings (SSSR count). The fourth-order valence-corrected chi connectivity index (χ4v) is 7.76. The minimum Gasteiger partial charge on any atom is -0.480 e. The summed E-state index contributed by atoms with van der Waals surface area (Å²) >= 11 is 0. The van der Waals surface area contributed by atoms with E-state index in [1.54, 1.807) is 23.8 Å². The first-order valence-corrected chi connectivity index (χ1v) is 19.1. The third-order valence-corrected chi connectivity index (χ3v) is 10.8. The van der Waals surface area contributed by atoms with Crippen LogP contribution in [0.25, 0.3) is 0 Å². The number of hydrogen-bond donors (Lipinski definition) is 3. The Hall–Kier alpha value is -3.55. The van der Waals surface area contributed by atoms with Gasteiger partial charge in [-0.25, -0.2) is 4.79 Å². The molecule has 0 spiro atoms. The summed E-state index contributed by atoms with van der Waals surface area (Å²) < 4.78 is 11.9. The fraction of sp³-hybridized carbons (Fsp3) is 0.725. The number of carboxylic acid groups (broad SMARTS) is 1. The third-order valence-electron chi connectivity index (χ3n) is 10.8. The monoisotopic (exact) mass is 745 g/mol. The Morgan fingerprint density at radius 3 is 2.02 bits per heavy atom. The van der Waals surface area contributed by atoms with Crippen LogP contribution < -0.4 is 10.6 Å². The second-order valence-corrected chi connectivity index (χ2v) is 15.6. The molecule has 1 aromatic rings. The number of carboxylic acids is 1. The van der Waals surface area contributed by atoms with Crippen molar-refractivity contribution in [2.45, 2.75) is 123 Å². The van der Waals surface area contributed by atoms with Gasteiger partial charge >= 0.3 is 5.97 Å². The predicted molar refractivity (Wildman–Crippen MR) is 205 cm³/mol. The topological polar surface area (TPSA) is 158 Å². The molecular formula is C40H67N5O8. The number of likely N-dealkylation sites (tertiary alicyclic amines) is 1. The van der Waals surface area contributed by atoms with Gasteiger partial charge in [-0.3, -0.25) is 24.1 Å². The van der Waals surface area contributed by atoms with Crippen molar-refractivity contribution in [3.8, 4) is 0 Å². The summed E-state index contributed by atoms with van der Waals surface area (Å²) in [7, 11) is 8.44. The fourth-order valence-electron chi connectivity index (χ4n) is 7.76. The Kier molecular flexibility index (Phi) is 18.4. The third kappa shape index (κ3) is 12.2. The lowest BCUT2D eigenvalue weighted by atomic mass is 9.89. The molecule has 4 amide bonds. The van der Waals surface area contributed by atoms with Crippen molar-refractivity contribution in [3.63, 3.8) is 0 Å². The Bertz CT molecular complexity index is 1330. The molecule has 13 heteroatoms. The maximum absolute atomic E-state index is 14.2. The SMILES string of the molecule is CCC(C)[C@@H]([C@@H](CC(=O)N1CCC[C@H]1[C@H](OC)[C@@H](C)C(=O)N[C@@H](Cc1ccccc1)C(=O)O)OC)N(C)C(=O)[C@@H](NC(=O)[C@H](C(C)C)N(C)C)C(C)C. The van der Waals surface area contributed by atoms with Crippen LogP contribution in [0.1, 0.15) is 79.7 Å². The maximum atomic E-state index is 14.2. The Labute approximate surface area is 317 Å². The predicted octanol–water partition coefficient (Wildman–Crippen LogP) is 3.45. The van der Waals surface area contributed by atoms with Crippen LogP contribution in [0.5, 0.6) is 0 Å². The lowest BCUT2D eigenvalue weighted by molar-refractivity contribution is -0.148. The molecule has 9 atom stereocenters. The molecule has 1 aromatic carbocycles. The summed E-state index contributed by atoms with van der Waals surface area (Å²) in [5.41, 5.74) is 0.785. The first-order chi connectivity index (χ1) is 24.9. The van der Waals surface area contributed by atoms with Gasteiger partial charge in [-0.1, -0.05) is 85.2 Å². The van der Waals surface area contributed by atoms with Gasteiger partial charge in [-0.05, 0) is 50.3 Å². The van der Waals surface area contributed by atoms with Crippen LogP contribution >= 0.6 is 0 Å². The number of amides is 4. The quantitative estimate of drug-likeness (QED) is 0.172. The summed E-state index contributed by atoms with van der Waals surface area (Å²) in [5, 5.41) is 15.6. The Morgan fingerprint density at radius 2 is 1.53 bits per heavy atom. The number of hydrogen-bond acceptors (Lipinski definition) is 8. The smallest absolute Gasteiger partial charge is 0.326 e. The number of aliphatic carboxylic acids is 1. The minimum absolute atomic E-state index is 0.0104. The average molecular weight is 746 g/mol. The van der Waals surface area contributed by atoms with Crippen LogP contribution in [0, 0.1) is 23.7 Å². The molecule has 1 saturated heterocycles. The molecule has 1 unspecified atom stereocenters. The van der Waals surface area contributed by atoms with E-state index in [2.05, 4.69) is 10.6 Å². The molecule has 0 bridgehead atoms. The van der Waals surface area contributed by atoms with Gasteiger partial charge in [0.1, 0.15) is 12.1 Å². The summed E-state index contributed by atoms with van der Waals surface area (Å²) in [6, 6.07) is 5.89. The van der Waals surface area contributed by atoms with E-state index in [-0.39, 0.29) is 48.3 Å². The first-order valence-electron chi connectivity index (χ1n) is 19.1. The molecule has 1 aliphatic rings. The molecule has 300 valence electrons. The minimum atomic E-state index is -1.14. The summed E-state index contributed by atoms with van der Waals surface area (Å²) in [5.74, 6) is -3.21. The van der Waals surface area contributed by atoms with Crippen LogP contribution in [0.2, 0.25) is 0 Å². The average Bonchev–Trinajstić information content (AvgIpc) is 3.59. The van der Waals surface area contributed by atoms with Crippen molar-refractivity contribution in [3.05, 3.63) is 35.9 Å².